The molecule has 5 rings (SSSR count). The Balaban J connectivity index is 1.62. The van der Waals surface area contributed by atoms with Crippen molar-refractivity contribution in [2.24, 2.45) is 5.92 Å². The molecule has 5 atom stereocenters. The fourth-order valence-electron chi connectivity index (χ4n) is 6.94. The number of fused-ring (bicyclic) bond motifs is 2. The molecule has 4 nitrogen and oxygen atoms in total. The van der Waals surface area contributed by atoms with Crippen molar-refractivity contribution in [3.05, 3.63) is 107 Å². The second-order valence-electron chi connectivity index (χ2n) is 13.0. The quantitative estimate of drug-likeness (QED) is 0.0994. The number of carbonyl (C=O) groups is 1. The molecular formula is C35H36F6INO3. The van der Waals surface area contributed by atoms with E-state index in [1.165, 1.54) is 0 Å². The van der Waals surface area contributed by atoms with Crippen LogP contribution in [0.25, 0.3) is 0 Å². The Morgan fingerprint density at radius 3 is 1.98 bits per heavy atom. The Labute approximate surface area is 278 Å². The molecule has 2 heterocycles. The molecule has 11 heteroatoms. The Bertz CT molecular complexity index is 1480. The minimum absolute atomic E-state index is 0.106. The summed E-state index contributed by atoms with van der Waals surface area (Å²) >= 11 is 1.94. The number of nitrogens with zero attached hydrogens (tertiary/aromatic N) is 1. The summed E-state index contributed by atoms with van der Waals surface area (Å²) < 4.78 is 95.5. The Hall–Kier alpha value is -2.64. The molecule has 3 aromatic rings. The summed E-state index contributed by atoms with van der Waals surface area (Å²) in [5.41, 5.74) is -2.74. The van der Waals surface area contributed by atoms with Gasteiger partial charge >= 0.3 is 18.3 Å². The first-order valence-corrected chi connectivity index (χ1v) is 16.7. The molecule has 0 radical (unpaired) electrons. The largest absolute Gasteiger partial charge is 0.460 e. The summed E-state index contributed by atoms with van der Waals surface area (Å²) in [5.74, 6) is -0.868. The van der Waals surface area contributed by atoms with Crippen LogP contribution in [0.5, 0.6) is 0 Å². The van der Waals surface area contributed by atoms with Gasteiger partial charge in [0.1, 0.15) is 5.60 Å². The lowest BCUT2D eigenvalue weighted by Gasteiger charge is -2.51. The fourth-order valence-corrected chi connectivity index (χ4v) is 7.65. The van der Waals surface area contributed by atoms with Crippen LogP contribution in [0.3, 0.4) is 0 Å². The highest BCUT2D eigenvalue weighted by molar-refractivity contribution is 14.1. The van der Waals surface area contributed by atoms with Crippen LogP contribution in [0.1, 0.15) is 74.0 Å². The second-order valence-corrected chi connectivity index (χ2v) is 13.9. The van der Waals surface area contributed by atoms with E-state index in [2.05, 4.69) is 4.90 Å². The number of ether oxygens (including phenoxy) is 2. The highest BCUT2D eigenvalue weighted by Gasteiger charge is 2.62. The van der Waals surface area contributed by atoms with Gasteiger partial charge in [-0.15, -0.1) is 0 Å². The number of alkyl halides is 7. The number of halogens is 7. The van der Waals surface area contributed by atoms with Crippen LogP contribution >= 0.6 is 22.6 Å². The number of hydrogen-bond donors (Lipinski definition) is 0. The molecule has 248 valence electrons. The van der Waals surface area contributed by atoms with E-state index in [1.54, 1.807) is 0 Å². The summed E-state index contributed by atoms with van der Waals surface area (Å²) in [6, 6.07) is 20.7. The summed E-state index contributed by atoms with van der Waals surface area (Å²) in [5, 5.41) is 0. The monoisotopic (exact) mass is 759 g/mol. The molecule has 3 aromatic carbocycles. The topological polar surface area (TPSA) is 38.8 Å². The number of benzene rings is 3. The van der Waals surface area contributed by atoms with Gasteiger partial charge in [-0.1, -0.05) is 83.3 Å². The van der Waals surface area contributed by atoms with Gasteiger partial charge in [-0.05, 0) is 74.9 Å². The van der Waals surface area contributed by atoms with Crippen LogP contribution < -0.4 is 0 Å². The zero-order chi connectivity index (χ0) is 33.5. The molecule has 46 heavy (non-hydrogen) atoms. The number of esters is 1. The molecule has 0 aliphatic carbocycles. The minimum atomic E-state index is -4.98. The molecule has 3 unspecified atom stereocenters. The van der Waals surface area contributed by atoms with Crippen molar-refractivity contribution >= 4 is 28.6 Å². The van der Waals surface area contributed by atoms with Gasteiger partial charge in [-0.2, -0.15) is 26.3 Å². The Morgan fingerprint density at radius 1 is 0.891 bits per heavy atom. The molecule has 2 saturated heterocycles. The average molecular weight is 760 g/mol. The van der Waals surface area contributed by atoms with Gasteiger partial charge in [0.05, 0.1) is 34.8 Å². The lowest BCUT2D eigenvalue weighted by Crippen LogP contribution is -2.57. The van der Waals surface area contributed by atoms with Gasteiger partial charge in [0.2, 0.25) is 0 Å². The molecule has 2 bridgehead atoms. The molecule has 0 aromatic heterocycles. The summed E-state index contributed by atoms with van der Waals surface area (Å²) in [7, 11) is 0. The SMILES string of the molecule is CC(C)(C)OC(=O)C1C[C@@]2(c3ccccc3)C(O[C@H](CI)c3cc(C(F)(F)F)cc(C(F)(F)F)c3)CCC1N2Cc1ccccc1. The number of carbonyl (C=O) groups excluding carboxylic acids is 1. The van der Waals surface area contributed by atoms with Crippen LogP contribution in [0.4, 0.5) is 26.3 Å². The van der Waals surface area contributed by atoms with Crippen LogP contribution in [0.2, 0.25) is 0 Å². The molecule has 0 spiro atoms. The van der Waals surface area contributed by atoms with Gasteiger partial charge in [-0.25, -0.2) is 0 Å². The second kappa shape index (κ2) is 13.1. The van der Waals surface area contributed by atoms with Crippen LogP contribution in [-0.2, 0) is 38.7 Å². The predicted molar refractivity (Wildman–Crippen MR) is 170 cm³/mol. The van der Waals surface area contributed by atoms with E-state index in [9.17, 15) is 31.1 Å². The number of hydrogen-bond acceptors (Lipinski definition) is 4. The van der Waals surface area contributed by atoms with Crippen LogP contribution in [-0.4, -0.2) is 33.0 Å². The van der Waals surface area contributed by atoms with Crippen molar-refractivity contribution in [1.29, 1.82) is 0 Å². The van der Waals surface area contributed by atoms with Crippen molar-refractivity contribution in [1.82, 2.24) is 4.90 Å². The van der Waals surface area contributed by atoms with Gasteiger partial charge < -0.3 is 9.47 Å². The molecule has 2 fully saturated rings. The predicted octanol–water partition coefficient (Wildman–Crippen LogP) is 9.51. The minimum Gasteiger partial charge on any atom is -0.460 e. The third-order valence-corrected chi connectivity index (χ3v) is 9.60. The maximum Gasteiger partial charge on any atom is 0.416 e. The van der Waals surface area contributed by atoms with Crippen molar-refractivity contribution < 1.29 is 40.6 Å². The molecular weight excluding hydrogens is 723 g/mol. The first kappa shape index (κ1) is 34.7. The highest BCUT2D eigenvalue weighted by Crippen LogP contribution is 2.56. The highest BCUT2D eigenvalue weighted by atomic mass is 127. The van der Waals surface area contributed by atoms with E-state index in [-0.39, 0.29) is 28.1 Å². The third-order valence-electron chi connectivity index (χ3n) is 8.80. The smallest absolute Gasteiger partial charge is 0.416 e. The van der Waals surface area contributed by atoms with Gasteiger partial charge in [0.15, 0.2) is 0 Å². The standard InChI is InChI=1S/C35H36F6INO3/c1-32(2,3)46-31(44)27-19-33(24-12-8-5-9-13-24)30(15-14-28(27)43(33)21-22-10-6-4-7-11-22)45-29(20-42)23-16-25(34(36,37)38)18-26(17-23)35(39,40)41/h4-13,16-18,27-30H,14-15,19-21H2,1-3H3/t27?,28?,29-,30?,33-/m1/s1. The Morgan fingerprint density at radius 2 is 1.46 bits per heavy atom. The van der Waals surface area contributed by atoms with Gasteiger partial charge in [0, 0.05) is 17.0 Å². The number of piperidine rings is 1. The van der Waals surface area contributed by atoms with Gasteiger partial charge in [0.25, 0.3) is 0 Å². The fraction of sp³-hybridized carbons (Fsp3) is 0.457. The first-order chi connectivity index (χ1) is 21.5. The third kappa shape index (κ3) is 7.26. The van der Waals surface area contributed by atoms with Crippen molar-refractivity contribution in [2.45, 2.75) is 88.3 Å². The lowest BCUT2D eigenvalue weighted by atomic mass is 9.78. The zero-order valence-electron chi connectivity index (χ0n) is 25.7. The molecule has 0 saturated carbocycles. The maximum absolute atomic E-state index is 13.8. The van der Waals surface area contributed by atoms with E-state index in [0.717, 1.165) is 23.3 Å². The van der Waals surface area contributed by atoms with Crippen molar-refractivity contribution in [3.8, 4) is 0 Å². The molecule has 0 amide bonds. The molecule has 0 N–H and O–H groups in total. The van der Waals surface area contributed by atoms with E-state index in [0.29, 0.717) is 25.8 Å². The maximum atomic E-state index is 13.8. The van der Waals surface area contributed by atoms with E-state index in [1.807, 2.05) is 104 Å². The lowest BCUT2D eigenvalue weighted by molar-refractivity contribution is -0.161. The Kier molecular flexibility index (Phi) is 9.88. The summed E-state index contributed by atoms with van der Waals surface area (Å²) in [4.78, 5) is 16.0. The normalized spacial score (nSPS) is 24.5. The molecule has 2 aliphatic rings. The van der Waals surface area contributed by atoms with Gasteiger partial charge in [-0.3, -0.25) is 9.69 Å². The van der Waals surface area contributed by atoms with Crippen molar-refractivity contribution in [3.63, 3.8) is 0 Å². The molecule has 2 aliphatic heterocycles. The van der Waals surface area contributed by atoms with Crippen LogP contribution in [0.15, 0.2) is 78.9 Å². The van der Waals surface area contributed by atoms with E-state index in [4.69, 9.17) is 9.47 Å². The first-order valence-electron chi connectivity index (χ1n) is 15.1. The summed E-state index contributed by atoms with van der Waals surface area (Å²) in [6.07, 6.45) is -10.4. The summed E-state index contributed by atoms with van der Waals surface area (Å²) in [6.45, 7) is 5.88. The average Bonchev–Trinajstić information content (AvgIpc) is 3.20. The zero-order valence-corrected chi connectivity index (χ0v) is 27.8. The van der Waals surface area contributed by atoms with Crippen molar-refractivity contribution in [2.75, 3.05) is 4.43 Å². The van der Waals surface area contributed by atoms with E-state index >= 15 is 0 Å². The number of rotatable bonds is 8. The van der Waals surface area contributed by atoms with Crippen LogP contribution in [0, 0.1) is 5.92 Å². The van der Waals surface area contributed by atoms with E-state index < -0.39 is 52.7 Å².